The first kappa shape index (κ1) is 21.1. The fourth-order valence-corrected chi connectivity index (χ4v) is 5.44. The molecule has 0 unspecified atom stereocenters. The topological polar surface area (TPSA) is 35.0 Å². The normalized spacial score (nSPS) is 10.8. The van der Waals surface area contributed by atoms with Crippen molar-refractivity contribution >= 4 is 54.9 Å². The summed E-state index contributed by atoms with van der Waals surface area (Å²) >= 11 is 5.21. The van der Waals surface area contributed by atoms with Crippen molar-refractivity contribution in [1.82, 2.24) is 9.97 Å². The average molecular weight is 431 g/mol. The van der Waals surface area contributed by atoms with E-state index in [1.54, 1.807) is 22.7 Å². The number of hydrogen-bond acceptors (Lipinski definition) is 6. The van der Waals surface area contributed by atoms with Gasteiger partial charge >= 0.3 is 0 Å². The van der Waals surface area contributed by atoms with E-state index in [0.717, 1.165) is 35.0 Å². The number of rotatable bonds is 8. The Balaban J connectivity index is 0.000000167. The van der Waals surface area contributed by atoms with Crippen molar-refractivity contribution in [3.63, 3.8) is 0 Å². The van der Waals surface area contributed by atoms with Crippen LogP contribution in [0.1, 0.15) is 39.5 Å². The van der Waals surface area contributed by atoms with Gasteiger partial charge in [-0.05, 0) is 36.4 Å². The smallest absolute Gasteiger partial charge is 0.274 e. The third-order valence-electron chi connectivity index (χ3n) is 4.04. The number of para-hydroxylation sites is 2. The number of hydrogen-bond donors (Lipinski definition) is 0. The lowest BCUT2D eigenvalue weighted by molar-refractivity contribution is 0.304. The Hall–Kier alpha value is -1.63. The van der Waals surface area contributed by atoms with Gasteiger partial charge in [0, 0.05) is 0 Å². The summed E-state index contributed by atoms with van der Waals surface area (Å²) in [4.78, 5) is 8.91. The first-order valence-electron chi connectivity index (χ1n) is 9.77. The Labute approximate surface area is 179 Å². The number of ether oxygens (including phenoxy) is 1. The largest absolute Gasteiger partial charge is 0.470 e. The molecule has 0 saturated heterocycles. The van der Waals surface area contributed by atoms with Gasteiger partial charge in [0.25, 0.3) is 5.19 Å². The molecule has 2 aromatic heterocycles. The van der Waals surface area contributed by atoms with Crippen LogP contribution < -0.4 is 4.74 Å². The molecule has 0 radical (unpaired) electrons. The van der Waals surface area contributed by atoms with Crippen molar-refractivity contribution in [2.75, 3.05) is 12.4 Å². The third kappa shape index (κ3) is 6.19. The number of aromatic nitrogens is 2. The van der Waals surface area contributed by atoms with Crippen molar-refractivity contribution in [2.45, 2.75) is 43.9 Å². The second kappa shape index (κ2) is 11.4. The summed E-state index contributed by atoms with van der Waals surface area (Å²) in [6, 6.07) is 16.4. The van der Waals surface area contributed by atoms with Crippen LogP contribution in [0.5, 0.6) is 5.19 Å². The lowest BCUT2D eigenvalue weighted by atomic mass is 10.2. The van der Waals surface area contributed by atoms with Crippen molar-refractivity contribution in [2.24, 2.45) is 0 Å². The predicted molar refractivity (Wildman–Crippen MR) is 125 cm³/mol. The van der Waals surface area contributed by atoms with Crippen LogP contribution in [0.4, 0.5) is 0 Å². The number of thioether (sulfide) groups is 1. The maximum absolute atomic E-state index is 5.64. The van der Waals surface area contributed by atoms with E-state index in [2.05, 4.69) is 48.1 Å². The second-order valence-corrected chi connectivity index (χ2v) is 9.77. The molecule has 3 nitrogen and oxygen atoms in total. The summed E-state index contributed by atoms with van der Waals surface area (Å²) in [6.07, 6.45) is 4.94. The lowest BCUT2D eigenvalue weighted by Crippen LogP contribution is -1.96. The highest BCUT2D eigenvalue weighted by Crippen LogP contribution is 2.29. The van der Waals surface area contributed by atoms with Gasteiger partial charge in [0.15, 0.2) is 4.34 Å². The molecule has 0 amide bonds. The molecule has 4 aromatic rings. The molecule has 0 fully saturated rings. The maximum atomic E-state index is 5.64. The SMILES string of the molecule is CCCCCCOc1nc2ccccc2s1.CCSc1nc2ccccc2s1. The molecule has 0 saturated carbocycles. The number of unbranched alkanes of at least 4 members (excludes halogenated alkanes) is 3. The minimum atomic E-state index is 0.791. The fraction of sp³-hybridized carbons (Fsp3) is 0.364. The molecule has 148 valence electrons. The van der Waals surface area contributed by atoms with Gasteiger partial charge in [-0.25, -0.2) is 9.97 Å². The van der Waals surface area contributed by atoms with E-state index in [-0.39, 0.29) is 0 Å². The summed E-state index contributed by atoms with van der Waals surface area (Å²) in [5.74, 6) is 1.10. The molecule has 4 rings (SSSR count). The molecular weight excluding hydrogens is 404 g/mol. The van der Waals surface area contributed by atoms with E-state index in [9.17, 15) is 0 Å². The summed E-state index contributed by atoms with van der Waals surface area (Å²) in [7, 11) is 0. The van der Waals surface area contributed by atoms with Crippen LogP contribution in [-0.4, -0.2) is 22.3 Å². The van der Waals surface area contributed by atoms with Crippen LogP contribution in [0.25, 0.3) is 20.4 Å². The number of thiazole rings is 2. The van der Waals surface area contributed by atoms with Gasteiger partial charge < -0.3 is 4.74 Å². The number of fused-ring (bicyclic) bond motifs is 2. The van der Waals surface area contributed by atoms with Crippen molar-refractivity contribution in [3.05, 3.63) is 48.5 Å². The molecule has 28 heavy (non-hydrogen) atoms. The first-order chi connectivity index (χ1) is 13.8. The van der Waals surface area contributed by atoms with Gasteiger partial charge in [-0.3, -0.25) is 0 Å². The van der Waals surface area contributed by atoms with Crippen LogP contribution in [0.15, 0.2) is 52.9 Å². The highest BCUT2D eigenvalue weighted by atomic mass is 32.2. The molecule has 2 aromatic carbocycles. The fourth-order valence-electron chi connectivity index (χ4n) is 2.64. The predicted octanol–water partition coefficient (Wildman–Crippen LogP) is 7.66. The standard InChI is InChI=1S/C13H17NOS.C9H9NS2/c1-2-3-4-7-10-15-13-14-11-8-5-6-9-12(11)16-13;1-2-11-9-10-7-5-3-4-6-8(7)12-9/h5-6,8-9H,2-4,7,10H2,1H3;3-6H,2H2,1H3. The first-order valence-corrected chi connectivity index (χ1v) is 12.4. The molecule has 0 spiro atoms. The van der Waals surface area contributed by atoms with E-state index < -0.39 is 0 Å². The van der Waals surface area contributed by atoms with Gasteiger partial charge in [-0.15, -0.1) is 11.3 Å². The second-order valence-electron chi connectivity index (χ2n) is 6.24. The minimum Gasteiger partial charge on any atom is -0.470 e. The molecule has 2 heterocycles. The summed E-state index contributed by atoms with van der Waals surface area (Å²) < 4.78 is 9.31. The van der Waals surface area contributed by atoms with E-state index >= 15 is 0 Å². The molecule has 0 N–H and O–H groups in total. The van der Waals surface area contributed by atoms with Crippen molar-refractivity contribution in [3.8, 4) is 5.19 Å². The average Bonchev–Trinajstić information content (AvgIpc) is 3.31. The van der Waals surface area contributed by atoms with E-state index in [1.165, 1.54) is 33.0 Å². The Morgan fingerprint density at radius 2 is 1.50 bits per heavy atom. The van der Waals surface area contributed by atoms with Gasteiger partial charge in [0.05, 0.1) is 27.0 Å². The number of benzene rings is 2. The highest BCUT2D eigenvalue weighted by molar-refractivity contribution is 8.01. The lowest BCUT2D eigenvalue weighted by Gasteiger charge is -2.00. The maximum Gasteiger partial charge on any atom is 0.274 e. The molecule has 6 heteroatoms. The van der Waals surface area contributed by atoms with Crippen LogP contribution in [0, 0.1) is 0 Å². The van der Waals surface area contributed by atoms with Crippen LogP contribution in [0.3, 0.4) is 0 Å². The zero-order chi connectivity index (χ0) is 19.6. The van der Waals surface area contributed by atoms with Gasteiger partial charge in [-0.1, -0.05) is 80.5 Å². The minimum absolute atomic E-state index is 0.791. The van der Waals surface area contributed by atoms with Crippen LogP contribution in [-0.2, 0) is 0 Å². The Morgan fingerprint density at radius 1 is 0.821 bits per heavy atom. The van der Waals surface area contributed by atoms with E-state index in [1.807, 2.05) is 36.0 Å². The van der Waals surface area contributed by atoms with Crippen molar-refractivity contribution in [1.29, 1.82) is 0 Å². The Bertz CT molecular complexity index is 914. The summed E-state index contributed by atoms with van der Waals surface area (Å²) in [6.45, 7) is 5.16. The van der Waals surface area contributed by atoms with Crippen LogP contribution in [0.2, 0.25) is 0 Å². The molecule has 0 bridgehead atoms. The van der Waals surface area contributed by atoms with Gasteiger partial charge in [0.2, 0.25) is 0 Å². The van der Waals surface area contributed by atoms with Crippen molar-refractivity contribution < 1.29 is 4.74 Å². The Morgan fingerprint density at radius 3 is 2.14 bits per heavy atom. The molecule has 0 aliphatic carbocycles. The van der Waals surface area contributed by atoms with Crippen LogP contribution >= 0.6 is 34.4 Å². The van der Waals surface area contributed by atoms with Gasteiger partial charge in [0.1, 0.15) is 0 Å². The monoisotopic (exact) mass is 430 g/mol. The third-order valence-corrected chi connectivity index (χ3v) is 7.05. The molecule has 0 atom stereocenters. The summed E-state index contributed by atoms with van der Waals surface area (Å²) in [5.41, 5.74) is 2.16. The van der Waals surface area contributed by atoms with E-state index in [4.69, 9.17) is 4.74 Å². The molecule has 0 aliphatic rings. The van der Waals surface area contributed by atoms with Gasteiger partial charge in [-0.2, -0.15) is 0 Å². The zero-order valence-corrected chi connectivity index (χ0v) is 18.8. The highest BCUT2D eigenvalue weighted by Gasteiger charge is 2.03. The zero-order valence-electron chi connectivity index (χ0n) is 16.4. The Kier molecular flexibility index (Phi) is 8.58. The quantitative estimate of drug-likeness (QED) is 0.212. The molecular formula is C22H26N2OS3. The van der Waals surface area contributed by atoms with E-state index in [0.29, 0.717) is 0 Å². The summed E-state index contributed by atoms with van der Waals surface area (Å²) in [5, 5.41) is 0.803. The number of nitrogens with zero attached hydrogens (tertiary/aromatic N) is 2. The molecule has 0 aliphatic heterocycles.